The van der Waals surface area contributed by atoms with E-state index >= 15 is 0 Å². The number of nitrogens with zero attached hydrogens (tertiary/aromatic N) is 2. The lowest BCUT2D eigenvalue weighted by molar-refractivity contribution is 0.533. The number of nitrogens with one attached hydrogen (secondary N) is 2. The van der Waals surface area contributed by atoms with Gasteiger partial charge in [0.15, 0.2) is 5.96 Å². The molecule has 110 valence electrons. The first-order valence-electron chi connectivity index (χ1n) is 6.55. The molecule has 0 radical (unpaired) electrons. The van der Waals surface area contributed by atoms with Gasteiger partial charge >= 0.3 is 0 Å². The number of hydrogen-bond acceptors (Lipinski definition) is 5. The van der Waals surface area contributed by atoms with Crippen molar-refractivity contribution in [2.45, 2.75) is 11.8 Å². The fourth-order valence-electron chi connectivity index (χ4n) is 1.88. The summed E-state index contributed by atoms with van der Waals surface area (Å²) in [7, 11) is -1.48. The van der Waals surface area contributed by atoms with Gasteiger partial charge in [-0.25, -0.2) is 13.1 Å². The Kier molecular flexibility index (Phi) is 4.61. The summed E-state index contributed by atoms with van der Waals surface area (Å²) >= 11 is 0. The largest absolute Gasteiger partial charge is 0.355 e. The van der Waals surface area contributed by atoms with Gasteiger partial charge in [-0.1, -0.05) is 17.7 Å². The standard InChI is InChI=1S/C13H20N4O2S/c1-11-3-5-12(6-4-11)20(18,19)16-8-7-14-13-15-9-10-17(13)2/h3-6,16H,7-10H2,1-2H3,(H,14,15). The van der Waals surface area contributed by atoms with Crippen molar-refractivity contribution in [3.63, 3.8) is 0 Å². The topological polar surface area (TPSA) is 73.8 Å². The maximum Gasteiger partial charge on any atom is 0.240 e. The van der Waals surface area contributed by atoms with E-state index in [4.69, 9.17) is 0 Å². The van der Waals surface area contributed by atoms with Gasteiger partial charge in [0.2, 0.25) is 10.0 Å². The molecule has 0 fully saturated rings. The second-order valence-corrected chi connectivity index (χ2v) is 6.53. The maximum atomic E-state index is 12.0. The van der Waals surface area contributed by atoms with E-state index in [-0.39, 0.29) is 0 Å². The third-order valence-electron chi connectivity index (χ3n) is 3.09. The molecular formula is C13H20N4O2S. The molecule has 1 aliphatic rings. The number of rotatable bonds is 5. The molecule has 7 heteroatoms. The van der Waals surface area contributed by atoms with E-state index in [2.05, 4.69) is 15.0 Å². The minimum atomic E-state index is -3.43. The van der Waals surface area contributed by atoms with Crippen molar-refractivity contribution in [1.82, 2.24) is 14.9 Å². The summed E-state index contributed by atoms with van der Waals surface area (Å²) in [5, 5.41) is 3.11. The summed E-state index contributed by atoms with van der Waals surface area (Å²) in [6, 6.07) is 6.80. The number of benzene rings is 1. The summed E-state index contributed by atoms with van der Waals surface area (Å²) in [6.45, 7) is 4.44. The predicted molar refractivity (Wildman–Crippen MR) is 79.3 cm³/mol. The normalized spacial score (nSPS) is 15.3. The Morgan fingerprint density at radius 2 is 1.95 bits per heavy atom. The summed E-state index contributed by atoms with van der Waals surface area (Å²) in [5.74, 6) is 0.819. The molecule has 0 aliphatic carbocycles. The third kappa shape index (κ3) is 3.71. The summed E-state index contributed by atoms with van der Waals surface area (Å²) in [5.41, 5.74) is 1.04. The van der Waals surface area contributed by atoms with E-state index in [1.165, 1.54) is 0 Å². The number of hydrogen-bond donors (Lipinski definition) is 2. The van der Waals surface area contributed by atoms with Crippen molar-refractivity contribution < 1.29 is 8.42 Å². The van der Waals surface area contributed by atoms with Crippen LogP contribution in [0.4, 0.5) is 0 Å². The smallest absolute Gasteiger partial charge is 0.240 e. The van der Waals surface area contributed by atoms with Crippen molar-refractivity contribution in [3.8, 4) is 0 Å². The van der Waals surface area contributed by atoms with Gasteiger partial charge in [0, 0.05) is 26.7 Å². The molecule has 0 amide bonds. The number of sulfonamides is 1. The van der Waals surface area contributed by atoms with Crippen molar-refractivity contribution in [3.05, 3.63) is 29.8 Å². The Labute approximate surface area is 119 Å². The molecule has 0 spiro atoms. The fraction of sp³-hybridized carbons (Fsp3) is 0.462. The average Bonchev–Trinajstić information content (AvgIpc) is 2.81. The SMILES string of the molecule is Cc1ccc(S(=O)(=O)NCCNC2=NCCN2C)cc1. The highest BCUT2D eigenvalue weighted by molar-refractivity contribution is 7.89. The van der Waals surface area contributed by atoms with Crippen LogP contribution >= 0.6 is 0 Å². The Balaban J connectivity index is 1.82. The highest BCUT2D eigenvalue weighted by Crippen LogP contribution is 2.09. The molecule has 0 bridgehead atoms. The number of guanidine groups is 1. The van der Waals surface area contributed by atoms with E-state index in [1.54, 1.807) is 24.3 Å². The zero-order valence-electron chi connectivity index (χ0n) is 11.8. The molecular weight excluding hydrogens is 276 g/mol. The molecule has 0 aromatic heterocycles. The zero-order valence-corrected chi connectivity index (χ0v) is 12.6. The molecule has 0 saturated heterocycles. The molecule has 2 N–H and O–H groups in total. The van der Waals surface area contributed by atoms with Crippen LogP contribution < -0.4 is 10.0 Å². The number of aliphatic imine (C=N–C) groups is 1. The fourth-order valence-corrected chi connectivity index (χ4v) is 2.92. The van der Waals surface area contributed by atoms with Crippen LogP contribution in [0.3, 0.4) is 0 Å². The molecule has 0 atom stereocenters. The van der Waals surface area contributed by atoms with Crippen LogP contribution in [0.1, 0.15) is 5.56 Å². The van der Waals surface area contributed by atoms with Crippen LogP contribution in [0, 0.1) is 6.92 Å². The second kappa shape index (κ2) is 6.23. The van der Waals surface area contributed by atoms with Gasteiger partial charge in [-0.2, -0.15) is 0 Å². The number of likely N-dealkylation sites (N-methyl/N-ethyl adjacent to an activating group) is 1. The van der Waals surface area contributed by atoms with E-state index in [1.807, 2.05) is 18.9 Å². The first kappa shape index (κ1) is 14.8. The molecule has 1 aromatic rings. The molecule has 1 aliphatic heterocycles. The molecule has 2 rings (SSSR count). The molecule has 1 aromatic carbocycles. The van der Waals surface area contributed by atoms with Crippen molar-refractivity contribution in [2.75, 3.05) is 33.2 Å². The first-order valence-corrected chi connectivity index (χ1v) is 8.03. The van der Waals surface area contributed by atoms with Crippen LogP contribution in [-0.4, -0.2) is 52.5 Å². The maximum absolute atomic E-state index is 12.0. The van der Waals surface area contributed by atoms with Crippen LogP contribution in [0.5, 0.6) is 0 Å². The molecule has 0 unspecified atom stereocenters. The van der Waals surface area contributed by atoms with E-state index in [0.717, 1.165) is 24.6 Å². The quantitative estimate of drug-likeness (QED) is 0.759. The molecule has 0 saturated carbocycles. The Bertz CT molecular complexity index is 581. The molecule has 6 nitrogen and oxygen atoms in total. The Morgan fingerprint density at radius 3 is 2.55 bits per heavy atom. The highest BCUT2D eigenvalue weighted by atomic mass is 32.2. The van der Waals surface area contributed by atoms with Gasteiger partial charge in [0.25, 0.3) is 0 Å². The van der Waals surface area contributed by atoms with Gasteiger partial charge in [0.05, 0.1) is 11.4 Å². The van der Waals surface area contributed by atoms with E-state index in [0.29, 0.717) is 18.0 Å². The van der Waals surface area contributed by atoms with E-state index in [9.17, 15) is 8.42 Å². The van der Waals surface area contributed by atoms with Gasteiger partial charge in [0.1, 0.15) is 0 Å². The number of aryl methyl sites for hydroxylation is 1. The van der Waals surface area contributed by atoms with E-state index < -0.39 is 10.0 Å². The predicted octanol–water partition coefficient (Wildman–Crippen LogP) is 0.164. The third-order valence-corrected chi connectivity index (χ3v) is 4.57. The minimum absolute atomic E-state index is 0.290. The second-order valence-electron chi connectivity index (χ2n) is 4.76. The summed E-state index contributed by atoms with van der Waals surface area (Å²) in [6.07, 6.45) is 0. The lowest BCUT2D eigenvalue weighted by atomic mass is 10.2. The first-order chi connectivity index (χ1) is 9.49. The lowest BCUT2D eigenvalue weighted by Crippen LogP contribution is -2.40. The molecule has 20 heavy (non-hydrogen) atoms. The van der Waals surface area contributed by atoms with Crippen molar-refractivity contribution in [2.24, 2.45) is 4.99 Å². The lowest BCUT2D eigenvalue weighted by Gasteiger charge is -2.15. The monoisotopic (exact) mass is 296 g/mol. The summed E-state index contributed by atoms with van der Waals surface area (Å²) < 4.78 is 26.6. The van der Waals surface area contributed by atoms with Gasteiger partial charge in [-0.3, -0.25) is 4.99 Å². The van der Waals surface area contributed by atoms with Gasteiger partial charge < -0.3 is 10.2 Å². The van der Waals surface area contributed by atoms with Crippen LogP contribution in [0.2, 0.25) is 0 Å². The van der Waals surface area contributed by atoms with Crippen LogP contribution in [0.25, 0.3) is 0 Å². The Hall–Kier alpha value is -1.60. The molecule has 1 heterocycles. The average molecular weight is 296 g/mol. The summed E-state index contributed by atoms with van der Waals surface area (Å²) in [4.78, 5) is 6.57. The zero-order chi connectivity index (χ0) is 14.6. The minimum Gasteiger partial charge on any atom is -0.355 e. The van der Waals surface area contributed by atoms with Crippen LogP contribution in [-0.2, 0) is 10.0 Å². The van der Waals surface area contributed by atoms with Crippen molar-refractivity contribution in [1.29, 1.82) is 0 Å². The highest BCUT2D eigenvalue weighted by Gasteiger charge is 2.14. The van der Waals surface area contributed by atoms with Gasteiger partial charge in [-0.05, 0) is 19.1 Å². The van der Waals surface area contributed by atoms with Crippen LogP contribution in [0.15, 0.2) is 34.2 Å². The Morgan fingerprint density at radius 1 is 1.25 bits per heavy atom. The van der Waals surface area contributed by atoms with Gasteiger partial charge in [-0.15, -0.1) is 0 Å². The van der Waals surface area contributed by atoms with Crippen molar-refractivity contribution >= 4 is 16.0 Å².